The van der Waals surface area contributed by atoms with Crippen LogP contribution < -0.4 is 10.1 Å². The van der Waals surface area contributed by atoms with Gasteiger partial charge in [0.2, 0.25) is 5.95 Å². The lowest BCUT2D eigenvalue weighted by Crippen LogP contribution is -2.31. The summed E-state index contributed by atoms with van der Waals surface area (Å²) < 4.78 is 8.75. The van der Waals surface area contributed by atoms with Gasteiger partial charge in [0.1, 0.15) is 24.7 Å². The lowest BCUT2D eigenvalue weighted by molar-refractivity contribution is -0.116. The minimum atomic E-state index is -0.254. The minimum Gasteiger partial charge on any atom is -0.489 e. The van der Waals surface area contributed by atoms with Crippen molar-refractivity contribution < 1.29 is 9.53 Å². The van der Waals surface area contributed by atoms with Crippen molar-refractivity contribution in [3.8, 4) is 5.75 Å². The summed E-state index contributed by atoms with van der Waals surface area (Å²) in [6, 6.07) is 15.7. The van der Waals surface area contributed by atoms with Gasteiger partial charge in [-0.15, -0.1) is 0 Å². The summed E-state index contributed by atoms with van der Waals surface area (Å²) in [6.07, 6.45) is 3.83. The Bertz CT molecular complexity index is 1100. The number of carbonyl (C=O) groups excluding carboxylic acids is 1. The number of ketones is 1. The normalized spacial score (nSPS) is 18.1. The summed E-state index contributed by atoms with van der Waals surface area (Å²) in [5, 5.41) is 7.65. The number of nitrogens with zero attached hydrogens (tertiary/aromatic N) is 3. The van der Waals surface area contributed by atoms with E-state index in [1.165, 1.54) is 6.33 Å². The van der Waals surface area contributed by atoms with Gasteiger partial charge in [-0.2, -0.15) is 10.1 Å². The summed E-state index contributed by atoms with van der Waals surface area (Å²) in [6.45, 7) is 0.493. The highest BCUT2D eigenvalue weighted by Gasteiger charge is 2.35. The van der Waals surface area contributed by atoms with Gasteiger partial charge < -0.3 is 10.1 Å². The molecule has 2 heterocycles. The third kappa shape index (κ3) is 3.46. The molecule has 146 valence electrons. The second-order valence-corrected chi connectivity index (χ2v) is 8.13. The Hall–Kier alpha value is -2.93. The fourth-order valence-corrected chi connectivity index (χ4v) is 4.39. The monoisotopic (exact) mass is 450 g/mol. The number of halogens is 1. The third-order valence-electron chi connectivity index (χ3n) is 5.30. The molecule has 1 aliphatic heterocycles. The van der Waals surface area contributed by atoms with Crippen molar-refractivity contribution in [2.75, 3.05) is 5.32 Å². The van der Waals surface area contributed by atoms with E-state index in [9.17, 15) is 4.79 Å². The quantitative estimate of drug-likeness (QED) is 0.626. The van der Waals surface area contributed by atoms with E-state index in [0.717, 1.165) is 45.5 Å². The Kier molecular flexibility index (Phi) is 4.67. The van der Waals surface area contributed by atoms with Gasteiger partial charge >= 0.3 is 0 Å². The number of benzene rings is 2. The summed E-state index contributed by atoms with van der Waals surface area (Å²) in [7, 11) is 0. The third-order valence-corrected chi connectivity index (χ3v) is 5.79. The molecule has 6 nitrogen and oxygen atoms in total. The molecule has 0 saturated heterocycles. The number of carbonyl (C=O) groups is 1. The highest BCUT2D eigenvalue weighted by Crippen LogP contribution is 2.39. The summed E-state index contributed by atoms with van der Waals surface area (Å²) in [5.74, 6) is 1.64. The van der Waals surface area contributed by atoms with Crippen LogP contribution in [0, 0.1) is 0 Å². The predicted octanol–water partition coefficient (Wildman–Crippen LogP) is 4.64. The Labute approximate surface area is 176 Å². The van der Waals surface area contributed by atoms with Crippen LogP contribution in [-0.2, 0) is 11.4 Å². The molecule has 2 aliphatic rings. The van der Waals surface area contributed by atoms with Crippen LogP contribution in [0.4, 0.5) is 5.95 Å². The van der Waals surface area contributed by atoms with Crippen molar-refractivity contribution in [2.45, 2.75) is 31.9 Å². The molecule has 0 radical (unpaired) electrons. The van der Waals surface area contributed by atoms with E-state index in [-0.39, 0.29) is 11.8 Å². The van der Waals surface area contributed by atoms with Gasteiger partial charge in [-0.3, -0.25) is 4.79 Å². The number of hydrogen-bond donors (Lipinski definition) is 1. The van der Waals surface area contributed by atoms with Crippen molar-refractivity contribution in [2.24, 2.45) is 0 Å². The van der Waals surface area contributed by atoms with E-state index in [0.29, 0.717) is 19.0 Å². The molecule has 0 bridgehead atoms. The maximum absolute atomic E-state index is 12.7. The second kappa shape index (κ2) is 7.48. The molecule has 0 amide bonds. The SMILES string of the molecule is O=C1CCCC2=C1C(c1ccc(OCc3cccc(Br)c3)cc1)n1ncnc1N2. The van der Waals surface area contributed by atoms with Crippen LogP contribution in [-0.4, -0.2) is 20.5 Å². The maximum atomic E-state index is 12.7. The molecule has 7 heteroatoms. The number of allylic oxidation sites excluding steroid dienone is 2. The van der Waals surface area contributed by atoms with Crippen molar-refractivity contribution in [1.29, 1.82) is 0 Å². The van der Waals surface area contributed by atoms with Gasteiger partial charge in [-0.25, -0.2) is 4.68 Å². The topological polar surface area (TPSA) is 69.0 Å². The molecule has 1 atom stereocenters. The molecule has 1 aliphatic carbocycles. The number of hydrogen-bond acceptors (Lipinski definition) is 5. The number of rotatable bonds is 4. The van der Waals surface area contributed by atoms with Crippen LogP contribution in [0.15, 0.2) is 70.6 Å². The Morgan fingerprint density at radius 1 is 1.17 bits per heavy atom. The summed E-state index contributed by atoms with van der Waals surface area (Å²) in [5.41, 5.74) is 3.87. The number of Topliss-reactive ketones (excluding diaryl/α,β-unsaturated/α-hetero) is 1. The van der Waals surface area contributed by atoms with Gasteiger partial charge in [0.15, 0.2) is 5.78 Å². The maximum Gasteiger partial charge on any atom is 0.226 e. The fourth-order valence-electron chi connectivity index (χ4n) is 3.94. The number of aromatic nitrogens is 3. The molecule has 0 saturated carbocycles. The Morgan fingerprint density at radius 2 is 2.03 bits per heavy atom. The molecule has 1 aromatic heterocycles. The summed E-state index contributed by atoms with van der Waals surface area (Å²) >= 11 is 3.48. The second-order valence-electron chi connectivity index (χ2n) is 7.21. The van der Waals surface area contributed by atoms with E-state index in [4.69, 9.17) is 4.74 Å². The highest BCUT2D eigenvalue weighted by atomic mass is 79.9. The first kappa shape index (κ1) is 18.1. The predicted molar refractivity (Wildman–Crippen MR) is 113 cm³/mol. The molecule has 2 aromatic carbocycles. The number of anilines is 1. The standard InChI is InChI=1S/C22H19BrN4O2/c23-16-4-1-3-14(11-16)12-29-17-9-7-15(8-10-17)21-20-18(5-2-6-19(20)28)26-22-24-13-25-27(21)22/h1,3-4,7-11,13,21H,2,5-6,12H2,(H,24,25,26). The van der Waals surface area contributed by atoms with Crippen LogP contribution in [0.5, 0.6) is 5.75 Å². The van der Waals surface area contributed by atoms with E-state index >= 15 is 0 Å². The minimum absolute atomic E-state index is 0.180. The average molecular weight is 451 g/mol. The molecule has 0 fully saturated rings. The zero-order valence-electron chi connectivity index (χ0n) is 15.6. The zero-order chi connectivity index (χ0) is 19.8. The van der Waals surface area contributed by atoms with Crippen LogP contribution >= 0.6 is 15.9 Å². The average Bonchev–Trinajstić information content (AvgIpc) is 3.20. The molecule has 5 rings (SSSR count). The Balaban J connectivity index is 1.42. The first-order valence-electron chi connectivity index (χ1n) is 9.59. The molecule has 29 heavy (non-hydrogen) atoms. The summed E-state index contributed by atoms with van der Waals surface area (Å²) in [4.78, 5) is 17.0. The smallest absolute Gasteiger partial charge is 0.226 e. The van der Waals surface area contributed by atoms with E-state index in [1.54, 1.807) is 4.68 Å². The van der Waals surface area contributed by atoms with Crippen LogP contribution in [0.2, 0.25) is 0 Å². The largest absolute Gasteiger partial charge is 0.489 e. The zero-order valence-corrected chi connectivity index (χ0v) is 17.2. The van der Waals surface area contributed by atoms with Crippen molar-refractivity contribution >= 4 is 27.7 Å². The molecule has 1 N–H and O–H groups in total. The van der Waals surface area contributed by atoms with E-state index in [2.05, 4.69) is 31.3 Å². The molecule has 3 aromatic rings. The number of nitrogens with one attached hydrogen (secondary N) is 1. The van der Waals surface area contributed by atoms with Crippen LogP contribution in [0.25, 0.3) is 0 Å². The van der Waals surface area contributed by atoms with Gasteiger partial charge in [-0.1, -0.05) is 40.2 Å². The lowest BCUT2D eigenvalue weighted by Gasteiger charge is -2.32. The highest BCUT2D eigenvalue weighted by molar-refractivity contribution is 9.10. The number of fused-ring (bicyclic) bond motifs is 1. The van der Waals surface area contributed by atoms with Gasteiger partial charge in [0.05, 0.1) is 0 Å². The van der Waals surface area contributed by atoms with Crippen molar-refractivity contribution in [3.63, 3.8) is 0 Å². The molecule has 0 spiro atoms. The molecular formula is C22H19BrN4O2. The van der Waals surface area contributed by atoms with Crippen molar-refractivity contribution in [1.82, 2.24) is 14.8 Å². The first-order valence-corrected chi connectivity index (χ1v) is 10.4. The number of ether oxygens (including phenoxy) is 1. The Morgan fingerprint density at radius 3 is 2.86 bits per heavy atom. The fraction of sp³-hybridized carbons (Fsp3) is 0.227. The van der Waals surface area contributed by atoms with E-state index in [1.807, 2.05) is 48.5 Å². The van der Waals surface area contributed by atoms with Gasteiger partial charge in [0.25, 0.3) is 0 Å². The first-order chi connectivity index (χ1) is 14.2. The molecular weight excluding hydrogens is 432 g/mol. The van der Waals surface area contributed by atoms with Gasteiger partial charge in [-0.05, 0) is 48.2 Å². The van der Waals surface area contributed by atoms with E-state index < -0.39 is 0 Å². The van der Waals surface area contributed by atoms with Crippen LogP contribution in [0.1, 0.15) is 36.4 Å². The van der Waals surface area contributed by atoms with Crippen molar-refractivity contribution in [3.05, 3.63) is 81.7 Å². The van der Waals surface area contributed by atoms with Gasteiger partial charge in [0, 0.05) is 22.2 Å². The molecule has 1 unspecified atom stereocenters. The lowest BCUT2D eigenvalue weighted by atomic mass is 9.85. The van der Waals surface area contributed by atoms with Crippen LogP contribution in [0.3, 0.4) is 0 Å².